The second kappa shape index (κ2) is 15.3. The van der Waals surface area contributed by atoms with E-state index in [-0.39, 0.29) is 24.8 Å². The number of rotatable bonds is 1. The van der Waals surface area contributed by atoms with Gasteiger partial charge in [-0.1, -0.05) is 35.4 Å². The predicted octanol–water partition coefficient (Wildman–Crippen LogP) is -1.20. The molecule has 0 amide bonds. The number of aromatic nitrogens is 1. The van der Waals surface area contributed by atoms with E-state index in [2.05, 4.69) is 4.98 Å². The van der Waals surface area contributed by atoms with Crippen LogP contribution in [0.1, 0.15) is 27.9 Å². The monoisotopic (exact) mass is 453 g/mol. The van der Waals surface area contributed by atoms with Crippen molar-refractivity contribution in [2.24, 2.45) is 0 Å². The topological polar surface area (TPSA) is 53.4 Å². The zero-order valence-electron chi connectivity index (χ0n) is 16.4. The number of benzene rings is 2. The molecule has 0 spiro atoms. The van der Waals surface area contributed by atoms with Gasteiger partial charge in [-0.05, 0) is 51.0 Å². The molecule has 0 unspecified atom stereocenters. The Labute approximate surface area is 191 Å². The summed E-state index contributed by atoms with van der Waals surface area (Å²) in [6.07, 6.45) is 1.79. The Kier molecular flexibility index (Phi) is 15.6. The Morgan fingerprint density at radius 3 is 1.46 bits per heavy atom. The Morgan fingerprint density at radius 1 is 0.750 bits per heavy atom. The number of hydrogen-bond acceptors (Lipinski definition) is 3. The molecule has 0 aliphatic rings. The SMILES string of the molecule is Cc1ccc(O)c(C)c1.Cc1ccc(O)c(C)c1.[Cl-].[Cl-].[Ti]=[CH]c1ccccn1. The fraction of sp³-hybridized carbons (Fsp3) is 0.182. The molecule has 1 aromatic heterocycles. The first-order valence-corrected chi connectivity index (χ1v) is 9.17. The predicted molar refractivity (Wildman–Crippen MR) is 105 cm³/mol. The number of halogens is 2. The molecule has 2 N–H and O–H groups in total. The first-order valence-electron chi connectivity index (χ1n) is 8.27. The molecule has 3 aromatic rings. The molecule has 0 aliphatic carbocycles. The zero-order chi connectivity index (χ0) is 19.5. The van der Waals surface area contributed by atoms with Crippen molar-refractivity contribution in [3.8, 4) is 11.5 Å². The van der Waals surface area contributed by atoms with Crippen molar-refractivity contribution >= 4 is 4.31 Å². The summed E-state index contributed by atoms with van der Waals surface area (Å²) in [5, 5.41) is 18.1. The first kappa shape index (κ1) is 28.6. The average Bonchev–Trinajstić information content (AvgIpc) is 2.64. The third kappa shape index (κ3) is 11.3. The van der Waals surface area contributed by atoms with Crippen LogP contribution in [0.25, 0.3) is 0 Å². The quantitative estimate of drug-likeness (QED) is 0.455. The number of phenolic OH excluding ortho intramolecular Hbond substituents is 2. The summed E-state index contributed by atoms with van der Waals surface area (Å²) < 4.78 is 1.97. The Bertz CT molecular complexity index is 794. The molecule has 6 heteroatoms. The molecular weight excluding hydrogens is 429 g/mol. The van der Waals surface area contributed by atoms with Crippen molar-refractivity contribution in [3.63, 3.8) is 0 Å². The summed E-state index contributed by atoms with van der Waals surface area (Å²) in [5.74, 6) is 0.751. The van der Waals surface area contributed by atoms with Crippen LogP contribution in [-0.4, -0.2) is 19.5 Å². The van der Waals surface area contributed by atoms with Gasteiger partial charge in [-0.15, -0.1) is 0 Å². The maximum absolute atomic E-state index is 9.04. The fourth-order valence-corrected chi connectivity index (χ4v) is 2.34. The van der Waals surface area contributed by atoms with Crippen molar-refractivity contribution in [1.82, 2.24) is 4.98 Å². The summed E-state index contributed by atoms with van der Waals surface area (Å²) in [6.45, 7) is 7.80. The van der Waals surface area contributed by atoms with Crippen LogP contribution in [0.2, 0.25) is 0 Å². The second-order valence-electron chi connectivity index (χ2n) is 5.98. The summed E-state index contributed by atoms with van der Waals surface area (Å²) in [5.41, 5.74) is 5.29. The van der Waals surface area contributed by atoms with E-state index >= 15 is 0 Å². The molecule has 1 heterocycles. The maximum atomic E-state index is 9.04. The standard InChI is InChI=1S/2C8H10O.C6H5N.2ClH.Ti/c2*1-6-3-4-8(9)7(2)5-6;1-6-4-2-3-5-7-6;;;/h2*3-5,9H,1-2H3;1-5H;2*1H;/p-2. The van der Waals surface area contributed by atoms with Crippen LogP contribution in [0.15, 0.2) is 60.8 Å². The molecule has 0 atom stereocenters. The second-order valence-corrected chi connectivity index (χ2v) is 6.43. The van der Waals surface area contributed by atoms with Crippen molar-refractivity contribution < 1.29 is 55.0 Å². The minimum atomic E-state index is 0. The van der Waals surface area contributed by atoms with Crippen molar-refractivity contribution in [1.29, 1.82) is 0 Å². The van der Waals surface area contributed by atoms with E-state index in [0.29, 0.717) is 11.5 Å². The van der Waals surface area contributed by atoms with Crippen LogP contribution in [-0.2, 0) is 20.0 Å². The van der Waals surface area contributed by atoms with Crippen molar-refractivity contribution in [2.45, 2.75) is 27.7 Å². The molecule has 0 bridgehead atoms. The van der Waals surface area contributed by atoms with E-state index in [9.17, 15) is 0 Å². The first-order chi connectivity index (χ1) is 12.3. The van der Waals surface area contributed by atoms with E-state index in [0.717, 1.165) is 16.8 Å². The summed E-state index contributed by atoms with van der Waals surface area (Å²) in [7, 11) is 0. The van der Waals surface area contributed by atoms with Gasteiger partial charge in [-0.2, -0.15) is 0 Å². The normalized spacial score (nSPS) is 8.54. The van der Waals surface area contributed by atoms with Crippen LogP contribution < -0.4 is 24.8 Å². The van der Waals surface area contributed by atoms with E-state index in [1.807, 2.05) is 94.4 Å². The number of phenols is 2. The fourth-order valence-electron chi connectivity index (χ4n) is 2.07. The van der Waals surface area contributed by atoms with Gasteiger partial charge >= 0.3 is 59.4 Å². The van der Waals surface area contributed by atoms with Crippen LogP contribution in [0.3, 0.4) is 0 Å². The van der Waals surface area contributed by atoms with Gasteiger partial charge in [0.2, 0.25) is 0 Å². The number of hydrogen-bond donors (Lipinski definition) is 2. The molecule has 3 nitrogen and oxygen atoms in total. The minimum absolute atomic E-state index is 0. The third-order valence-corrected chi connectivity index (χ3v) is 4.00. The molecule has 0 fully saturated rings. The van der Waals surface area contributed by atoms with Gasteiger partial charge < -0.3 is 35.0 Å². The van der Waals surface area contributed by atoms with Crippen molar-refractivity contribution in [3.05, 3.63) is 88.7 Å². The van der Waals surface area contributed by atoms with E-state index in [4.69, 9.17) is 10.2 Å². The van der Waals surface area contributed by atoms with E-state index in [1.165, 1.54) is 11.1 Å². The molecule has 3 rings (SSSR count). The van der Waals surface area contributed by atoms with Gasteiger partial charge in [0, 0.05) is 0 Å². The Morgan fingerprint density at radius 2 is 1.21 bits per heavy atom. The number of nitrogens with zero attached hydrogens (tertiary/aromatic N) is 1. The molecule has 0 aliphatic heterocycles. The summed E-state index contributed by atoms with van der Waals surface area (Å²) in [6, 6.07) is 17.0. The van der Waals surface area contributed by atoms with E-state index < -0.39 is 0 Å². The van der Waals surface area contributed by atoms with Gasteiger partial charge in [-0.25, -0.2) is 0 Å². The van der Waals surface area contributed by atoms with Crippen LogP contribution in [0.4, 0.5) is 0 Å². The van der Waals surface area contributed by atoms with E-state index in [1.54, 1.807) is 18.3 Å². The molecule has 2 aromatic carbocycles. The Balaban J connectivity index is 0. The van der Waals surface area contributed by atoms with Crippen LogP contribution in [0, 0.1) is 27.7 Å². The number of pyridine rings is 1. The summed E-state index contributed by atoms with van der Waals surface area (Å²) in [4.78, 5) is 4.04. The summed E-state index contributed by atoms with van der Waals surface area (Å²) >= 11 is 1.97. The molecule has 150 valence electrons. The molecule has 0 saturated heterocycles. The van der Waals surface area contributed by atoms with Gasteiger partial charge in [0.15, 0.2) is 0 Å². The van der Waals surface area contributed by atoms with Gasteiger partial charge in [-0.3, -0.25) is 0 Å². The van der Waals surface area contributed by atoms with Crippen LogP contribution >= 0.6 is 0 Å². The van der Waals surface area contributed by atoms with Crippen molar-refractivity contribution in [2.75, 3.05) is 0 Å². The van der Waals surface area contributed by atoms with Crippen LogP contribution in [0.5, 0.6) is 11.5 Å². The zero-order valence-corrected chi connectivity index (χ0v) is 19.5. The molecule has 0 radical (unpaired) electrons. The molecular formula is C22H25Cl2NO2Ti-2. The number of aromatic hydroxyl groups is 2. The average molecular weight is 454 g/mol. The van der Waals surface area contributed by atoms with Gasteiger partial charge in [0.05, 0.1) is 0 Å². The van der Waals surface area contributed by atoms with Gasteiger partial charge in [0.25, 0.3) is 0 Å². The number of aryl methyl sites for hydroxylation is 4. The Hall–Kier alpha value is -1.65. The third-order valence-electron chi connectivity index (χ3n) is 3.54. The molecule has 28 heavy (non-hydrogen) atoms. The molecule has 0 saturated carbocycles. The van der Waals surface area contributed by atoms with Gasteiger partial charge in [0.1, 0.15) is 11.5 Å².